The largest absolute Gasteiger partial charge is 0.497 e. The van der Waals surface area contributed by atoms with Gasteiger partial charge >= 0.3 is 0 Å². The molecule has 8 heteroatoms. The van der Waals surface area contributed by atoms with E-state index in [9.17, 15) is 4.79 Å². The van der Waals surface area contributed by atoms with Crippen LogP contribution in [0, 0.1) is 0 Å². The quantitative estimate of drug-likeness (QED) is 0.210. The highest BCUT2D eigenvalue weighted by Crippen LogP contribution is 2.40. The van der Waals surface area contributed by atoms with Crippen molar-refractivity contribution in [2.45, 2.75) is 76.0 Å². The highest BCUT2D eigenvalue weighted by molar-refractivity contribution is 5.80. The van der Waals surface area contributed by atoms with E-state index < -0.39 is 5.79 Å². The lowest BCUT2D eigenvalue weighted by Gasteiger charge is -2.47. The molecule has 2 heterocycles. The Morgan fingerprint density at radius 2 is 1.35 bits per heavy atom. The second-order valence-electron chi connectivity index (χ2n) is 11.2. The summed E-state index contributed by atoms with van der Waals surface area (Å²) in [4.78, 5) is 13.0. The van der Waals surface area contributed by atoms with Crippen LogP contribution in [0.15, 0.2) is 78.9 Å². The van der Waals surface area contributed by atoms with Crippen LogP contribution < -0.4 is 9.47 Å². The number of Topliss-reactive ketones (excluding diaryl/α,β-unsaturated/α-hetero) is 1. The summed E-state index contributed by atoms with van der Waals surface area (Å²) in [5.74, 6) is 0.703. The number of hydrogen-bond donors (Lipinski definition) is 0. The summed E-state index contributed by atoms with van der Waals surface area (Å²) in [5, 5.41) is 0. The van der Waals surface area contributed by atoms with Crippen molar-refractivity contribution in [1.82, 2.24) is 0 Å². The number of carbonyl (C=O) groups excluding carboxylic acids is 1. The summed E-state index contributed by atoms with van der Waals surface area (Å²) in [6.45, 7) is 2.26. The molecular weight excluding hydrogens is 548 g/mol. The van der Waals surface area contributed by atoms with Gasteiger partial charge in [0.2, 0.25) is 0 Å². The molecule has 2 fully saturated rings. The fraction of sp³-hybridized carbons (Fsp3) is 0.457. The SMILES string of the molecule is COc1ccc(COCC[C@H]2CC(=O)C[C@@]3(C[C@@H](OCc4ccc(OC)cc4)C[C@H](COCc4ccccc4)O3)O2)cc1. The zero-order valence-corrected chi connectivity index (χ0v) is 25.1. The highest BCUT2D eigenvalue weighted by atomic mass is 16.7. The van der Waals surface area contributed by atoms with E-state index >= 15 is 0 Å². The molecule has 0 amide bonds. The minimum atomic E-state index is -1.04. The van der Waals surface area contributed by atoms with Gasteiger partial charge in [-0.05, 0) is 47.4 Å². The molecule has 0 radical (unpaired) electrons. The number of hydrogen-bond acceptors (Lipinski definition) is 8. The van der Waals surface area contributed by atoms with Crippen LogP contribution in [0.4, 0.5) is 0 Å². The van der Waals surface area contributed by atoms with Gasteiger partial charge in [0.05, 0.1) is 65.4 Å². The van der Waals surface area contributed by atoms with E-state index in [0.29, 0.717) is 58.7 Å². The van der Waals surface area contributed by atoms with Crippen LogP contribution in [0.3, 0.4) is 0 Å². The van der Waals surface area contributed by atoms with E-state index in [4.69, 9.17) is 33.2 Å². The summed E-state index contributed by atoms with van der Waals surface area (Å²) in [7, 11) is 3.30. The third-order valence-electron chi connectivity index (χ3n) is 7.82. The monoisotopic (exact) mass is 590 g/mol. The summed E-state index contributed by atoms with van der Waals surface area (Å²) < 4.78 is 42.0. The van der Waals surface area contributed by atoms with Crippen molar-refractivity contribution in [2.24, 2.45) is 0 Å². The normalized spacial score (nSPS) is 23.8. The van der Waals surface area contributed by atoms with E-state index in [2.05, 4.69) is 0 Å². The number of rotatable bonds is 14. The third-order valence-corrected chi connectivity index (χ3v) is 7.82. The Kier molecular flexibility index (Phi) is 11.2. The lowest BCUT2D eigenvalue weighted by atomic mass is 9.89. The van der Waals surface area contributed by atoms with Crippen molar-refractivity contribution in [1.29, 1.82) is 0 Å². The molecule has 1 spiro atoms. The molecule has 0 bridgehead atoms. The molecule has 8 nitrogen and oxygen atoms in total. The van der Waals surface area contributed by atoms with Gasteiger partial charge in [0.1, 0.15) is 17.3 Å². The first-order valence-electron chi connectivity index (χ1n) is 15.0. The number of benzene rings is 3. The van der Waals surface area contributed by atoms with Crippen LogP contribution in [0.5, 0.6) is 11.5 Å². The second-order valence-corrected chi connectivity index (χ2v) is 11.2. The molecule has 0 unspecified atom stereocenters. The maximum atomic E-state index is 13.0. The molecule has 230 valence electrons. The van der Waals surface area contributed by atoms with Gasteiger partial charge in [-0.1, -0.05) is 54.6 Å². The molecule has 2 aliphatic heterocycles. The fourth-order valence-electron chi connectivity index (χ4n) is 5.66. The van der Waals surface area contributed by atoms with Crippen LogP contribution in [0.25, 0.3) is 0 Å². The number of ether oxygens (including phenoxy) is 7. The van der Waals surface area contributed by atoms with Gasteiger partial charge in [-0.2, -0.15) is 0 Å². The van der Waals surface area contributed by atoms with Crippen molar-refractivity contribution in [3.05, 3.63) is 95.6 Å². The van der Waals surface area contributed by atoms with Crippen LogP contribution in [-0.4, -0.2) is 57.3 Å². The van der Waals surface area contributed by atoms with Crippen LogP contribution in [0.1, 0.15) is 48.8 Å². The Balaban J connectivity index is 1.19. The number of methoxy groups -OCH3 is 2. The maximum Gasteiger partial charge on any atom is 0.178 e. The molecule has 3 aromatic carbocycles. The molecule has 4 atom stereocenters. The number of carbonyl (C=O) groups is 1. The first kappa shape index (κ1) is 31.2. The third kappa shape index (κ3) is 9.36. The first-order valence-corrected chi connectivity index (χ1v) is 15.0. The molecule has 43 heavy (non-hydrogen) atoms. The maximum absolute atomic E-state index is 13.0. The molecule has 2 saturated heterocycles. The van der Waals surface area contributed by atoms with Gasteiger partial charge in [0.15, 0.2) is 5.79 Å². The molecule has 2 aliphatic rings. The topological polar surface area (TPSA) is 81.7 Å². The summed E-state index contributed by atoms with van der Waals surface area (Å²) in [6.07, 6.45) is 1.57. The molecule has 3 aromatic rings. The minimum absolute atomic E-state index is 0.131. The lowest BCUT2D eigenvalue weighted by Crippen LogP contribution is -2.55. The smallest absolute Gasteiger partial charge is 0.178 e. The minimum Gasteiger partial charge on any atom is -0.497 e. The van der Waals surface area contributed by atoms with Gasteiger partial charge in [-0.3, -0.25) is 4.79 Å². The molecule has 5 rings (SSSR count). The zero-order chi connectivity index (χ0) is 29.9. The fourth-order valence-corrected chi connectivity index (χ4v) is 5.66. The Hall–Kier alpha value is -3.27. The van der Waals surface area contributed by atoms with E-state index in [1.165, 1.54) is 0 Å². The second kappa shape index (κ2) is 15.5. The van der Waals surface area contributed by atoms with Gasteiger partial charge in [-0.15, -0.1) is 0 Å². The Labute approximate surface area is 254 Å². The predicted molar refractivity (Wildman–Crippen MR) is 161 cm³/mol. The molecular formula is C35H42O8. The summed E-state index contributed by atoms with van der Waals surface area (Å²) in [5.41, 5.74) is 3.20. The zero-order valence-electron chi connectivity index (χ0n) is 25.1. The number of ketones is 1. The van der Waals surface area contributed by atoms with Crippen molar-refractivity contribution in [3.8, 4) is 11.5 Å². The Morgan fingerprint density at radius 3 is 2.02 bits per heavy atom. The van der Waals surface area contributed by atoms with Gasteiger partial charge < -0.3 is 33.2 Å². The van der Waals surface area contributed by atoms with E-state index in [1.807, 2.05) is 78.9 Å². The molecule has 0 aromatic heterocycles. The molecule has 0 saturated carbocycles. The van der Waals surface area contributed by atoms with Crippen molar-refractivity contribution in [3.63, 3.8) is 0 Å². The van der Waals surface area contributed by atoms with E-state index in [1.54, 1.807) is 14.2 Å². The van der Waals surface area contributed by atoms with E-state index in [-0.39, 0.29) is 30.5 Å². The first-order chi connectivity index (χ1) is 21.0. The van der Waals surface area contributed by atoms with Gasteiger partial charge in [0.25, 0.3) is 0 Å². The predicted octanol–water partition coefficient (Wildman–Crippen LogP) is 6.04. The van der Waals surface area contributed by atoms with Gasteiger partial charge in [-0.25, -0.2) is 0 Å². The van der Waals surface area contributed by atoms with Crippen LogP contribution >= 0.6 is 0 Å². The standard InChI is InChI=1S/C35H42O8/c1-37-30-12-8-27(9-13-30)22-39-17-16-32-18-29(36)20-35(42-32)21-33(41-24-28-10-14-31(38-2)15-11-28)19-34(43-35)25-40-23-26-6-4-3-5-7-26/h3-15,32-34H,16-25H2,1-2H3/t32-,33-,34+,35+/m0/s1. The van der Waals surface area contributed by atoms with E-state index in [0.717, 1.165) is 28.2 Å². The Morgan fingerprint density at radius 1 is 0.744 bits per heavy atom. The molecule has 0 aliphatic carbocycles. The van der Waals surface area contributed by atoms with Gasteiger partial charge in [0, 0.05) is 25.9 Å². The molecule has 0 N–H and O–H groups in total. The summed E-state index contributed by atoms with van der Waals surface area (Å²) >= 11 is 0. The average molecular weight is 591 g/mol. The van der Waals surface area contributed by atoms with Crippen molar-refractivity contribution < 1.29 is 38.0 Å². The van der Waals surface area contributed by atoms with Crippen LogP contribution in [0.2, 0.25) is 0 Å². The summed E-state index contributed by atoms with van der Waals surface area (Å²) in [6, 6.07) is 25.7. The van der Waals surface area contributed by atoms with Crippen molar-refractivity contribution >= 4 is 5.78 Å². The lowest BCUT2D eigenvalue weighted by molar-refractivity contribution is -0.327. The highest BCUT2D eigenvalue weighted by Gasteiger charge is 2.48. The average Bonchev–Trinajstić information content (AvgIpc) is 3.02. The van der Waals surface area contributed by atoms with Crippen molar-refractivity contribution in [2.75, 3.05) is 27.4 Å². The van der Waals surface area contributed by atoms with Crippen LogP contribution in [-0.2, 0) is 48.3 Å². The Bertz CT molecular complexity index is 1260.